The monoisotopic (exact) mass is 377 g/mol. The zero-order valence-electron chi connectivity index (χ0n) is 13.7. The SMILES string of the molecule is O=C(Nc1ccccc1Sc1ccccc1)c1cc(-c2cccs2)[nH]n1. The van der Waals surface area contributed by atoms with Crippen LogP contribution in [0.1, 0.15) is 10.5 Å². The van der Waals surface area contributed by atoms with Gasteiger partial charge in [-0.1, -0.05) is 48.2 Å². The molecule has 0 atom stereocenters. The van der Waals surface area contributed by atoms with Gasteiger partial charge in [0.2, 0.25) is 0 Å². The highest BCUT2D eigenvalue weighted by molar-refractivity contribution is 7.99. The van der Waals surface area contributed by atoms with Gasteiger partial charge in [-0.25, -0.2) is 0 Å². The van der Waals surface area contributed by atoms with Gasteiger partial charge in [-0.2, -0.15) is 5.10 Å². The van der Waals surface area contributed by atoms with Crippen LogP contribution in [0, 0.1) is 0 Å². The van der Waals surface area contributed by atoms with E-state index >= 15 is 0 Å². The highest BCUT2D eigenvalue weighted by Gasteiger charge is 2.14. The van der Waals surface area contributed by atoms with E-state index in [2.05, 4.69) is 15.5 Å². The van der Waals surface area contributed by atoms with Crippen molar-refractivity contribution < 1.29 is 4.79 Å². The van der Waals surface area contributed by atoms with Crippen LogP contribution in [0.25, 0.3) is 10.6 Å². The predicted molar refractivity (Wildman–Crippen MR) is 107 cm³/mol. The second-order valence-electron chi connectivity index (χ2n) is 5.51. The minimum Gasteiger partial charge on any atom is -0.320 e. The normalized spacial score (nSPS) is 10.6. The molecule has 0 saturated carbocycles. The number of aromatic nitrogens is 2. The molecule has 4 aromatic rings. The van der Waals surface area contributed by atoms with E-state index in [1.54, 1.807) is 29.2 Å². The first-order valence-corrected chi connectivity index (χ1v) is 9.72. The number of amides is 1. The standard InChI is InChI=1S/C20H15N3OS2/c24-20(17-13-16(22-23-17)18-11-6-12-25-18)21-15-9-4-5-10-19(15)26-14-7-2-1-3-8-14/h1-13H,(H,21,24)(H,22,23). The summed E-state index contributed by atoms with van der Waals surface area (Å²) in [5.41, 5.74) is 1.98. The quantitative estimate of drug-likeness (QED) is 0.480. The number of nitrogens with one attached hydrogen (secondary N) is 2. The molecule has 0 bridgehead atoms. The number of rotatable bonds is 5. The van der Waals surface area contributed by atoms with Crippen LogP contribution >= 0.6 is 23.1 Å². The average molecular weight is 377 g/mol. The Morgan fingerprint density at radius 1 is 1.00 bits per heavy atom. The van der Waals surface area contributed by atoms with Gasteiger partial charge in [0.15, 0.2) is 5.69 Å². The predicted octanol–water partition coefficient (Wildman–Crippen LogP) is 5.54. The first-order valence-electron chi connectivity index (χ1n) is 8.02. The molecule has 1 amide bonds. The van der Waals surface area contributed by atoms with Gasteiger partial charge in [-0.15, -0.1) is 11.3 Å². The molecule has 2 aromatic heterocycles. The minimum atomic E-state index is -0.231. The molecule has 0 saturated heterocycles. The number of anilines is 1. The van der Waals surface area contributed by atoms with Crippen molar-refractivity contribution in [2.75, 3.05) is 5.32 Å². The van der Waals surface area contributed by atoms with Crippen molar-refractivity contribution in [1.29, 1.82) is 0 Å². The van der Waals surface area contributed by atoms with Crippen molar-refractivity contribution in [3.05, 3.63) is 83.9 Å². The Labute approximate surface area is 159 Å². The van der Waals surface area contributed by atoms with Crippen molar-refractivity contribution in [2.45, 2.75) is 9.79 Å². The third kappa shape index (κ3) is 3.71. The summed E-state index contributed by atoms with van der Waals surface area (Å²) in [5.74, 6) is -0.231. The van der Waals surface area contributed by atoms with Gasteiger partial charge in [0.05, 0.1) is 16.3 Å². The van der Waals surface area contributed by atoms with E-state index in [1.807, 2.05) is 72.1 Å². The van der Waals surface area contributed by atoms with Crippen molar-refractivity contribution in [1.82, 2.24) is 10.2 Å². The highest BCUT2D eigenvalue weighted by atomic mass is 32.2. The second kappa shape index (κ2) is 7.59. The molecule has 0 aliphatic carbocycles. The number of hydrogen-bond acceptors (Lipinski definition) is 4. The lowest BCUT2D eigenvalue weighted by molar-refractivity contribution is 0.102. The molecule has 2 aromatic carbocycles. The molecule has 0 fully saturated rings. The molecular formula is C20H15N3OS2. The van der Waals surface area contributed by atoms with Crippen LogP contribution in [0.2, 0.25) is 0 Å². The summed E-state index contributed by atoms with van der Waals surface area (Å²) in [4.78, 5) is 15.8. The van der Waals surface area contributed by atoms with E-state index in [1.165, 1.54) is 0 Å². The molecule has 128 valence electrons. The Balaban J connectivity index is 1.53. The summed E-state index contributed by atoms with van der Waals surface area (Å²) < 4.78 is 0. The van der Waals surface area contributed by atoms with Gasteiger partial charge < -0.3 is 5.32 Å². The molecule has 0 radical (unpaired) electrons. The van der Waals surface area contributed by atoms with Crippen molar-refractivity contribution in [3.63, 3.8) is 0 Å². The number of thiophene rings is 1. The zero-order valence-corrected chi connectivity index (χ0v) is 15.3. The summed E-state index contributed by atoms with van der Waals surface area (Å²) in [6.07, 6.45) is 0. The molecule has 0 aliphatic heterocycles. The van der Waals surface area contributed by atoms with E-state index < -0.39 is 0 Å². The number of hydrogen-bond donors (Lipinski definition) is 2. The third-order valence-corrected chi connectivity index (χ3v) is 5.69. The molecular weight excluding hydrogens is 362 g/mol. The maximum atomic E-state index is 12.6. The number of para-hydroxylation sites is 1. The molecule has 0 aliphatic rings. The largest absolute Gasteiger partial charge is 0.320 e. The second-order valence-corrected chi connectivity index (χ2v) is 7.57. The fraction of sp³-hybridized carbons (Fsp3) is 0. The topological polar surface area (TPSA) is 57.8 Å². The van der Waals surface area contributed by atoms with E-state index in [9.17, 15) is 4.79 Å². The molecule has 26 heavy (non-hydrogen) atoms. The Kier molecular flexibility index (Phi) is 4.86. The van der Waals surface area contributed by atoms with Crippen molar-refractivity contribution in [3.8, 4) is 10.6 Å². The zero-order chi connectivity index (χ0) is 17.8. The van der Waals surface area contributed by atoms with Crippen LogP contribution in [0.15, 0.2) is 88.0 Å². The van der Waals surface area contributed by atoms with Crippen molar-refractivity contribution in [2.24, 2.45) is 0 Å². The smallest absolute Gasteiger partial charge is 0.276 e. The molecule has 0 spiro atoms. The average Bonchev–Trinajstić information content (AvgIpc) is 3.36. The minimum absolute atomic E-state index is 0.231. The molecule has 6 heteroatoms. The van der Waals surface area contributed by atoms with E-state index in [4.69, 9.17) is 0 Å². The van der Waals surface area contributed by atoms with Crippen LogP contribution in [-0.2, 0) is 0 Å². The Morgan fingerprint density at radius 2 is 1.81 bits per heavy atom. The molecule has 4 rings (SSSR count). The maximum Gasteiger partial charge on any atom is 0.276 e. The van der Waals surface area contributed by atoms with E-state index in [0.717, 1.165) is 26.0 Å². The van der Waals surface area contributed by atoms with Gasteiger partial charge in [-0.05, 0) is 41.8 Å². The fourth-order valence-electron chi connectivity index (χ4n) is 2.46. The first kappa shape index (κ1) is 16.6. The summed E-state index contributed by atoms with van der Waals surface area (Å²) in [7, 11) is 0. The van der Waals surface area contributed by atoms with Crippen LogP contribution in [0.4, 0.5) is 5.69 Å². The maximum absolute atomic E-state index is 12.6. The van der Waals surface area contributed by atoms with Crippen LogP contribution in [0.5, 0.6) is 0 Å². The van der Waals surface area contributed by atoms with Crippen LogP contribution < -0.4 is 5.32 Å². The lowest BCUT2D eigenvalue weighted by Crippen LogP contribution is -2.12. The summed E-state index contributed by atoms with van der Waals surface area (Å²) in [6, 6.07) is 23.6. The molecule has 4 nitrogen and oxygen atoms in total. The number of nitrogens with zero attached hydrogens (tertiary/aromatic N) is 1. The summed E-state index contributed by atoms with van der Waals surface area (Å²) in [6.45, 7) is 0. The number of carbonyl (C=O) groups is 1. The third-order valence-electron chi connectivity index (χ3n) is 3.70. The van der Waals surface area contributed by atoms with Crippen LogP contribution in [-0.4, -0.2) is 16.1 Å². The van der Waals surface area contributed by atoms with E-state index in [0.29, 0.717) is 5.69 Å². The molecule has 2 heterocycles. The lowest BCUT2D eigenvalue weighted by Gasteiger charge is -2.09. The Hall–Kier alpha value is -2.83. The Morgan fingerprint density at radius 3 is 2.62 bits per heavy atom. The van der Waals surface area contributed by atoms with Gasteiger partial charge in [0, 0.05) is 9.79 Å². The summed E-state index contributed by atoms with van der Waals surface area (Å²) in [5, 5.41) is 12.0. The Bertz CT molecular complexity index is 1010. The number of H-pyrrole nitrogens is 1. The van der Waals surface area contributed by atoms with Gasteiger partial charge in [-0.3, -0.25) is 9.89 Å². The summed E-state index contributed by atoms with van der Waals surface area (Å²) >= 11 is 3.22. The first-order chi connectivity index (χ1) is 12.8. The van der Waals surface area contributed by atoms with Gasteiger partial charge >= 0.3 is 0 Å². The van der Waals surface area contributed by atoms with E-state index in [-0.39, 0.29) is 5.91 Å². The number of benzene rings is 2. The van der Waals surface area contributed by atoms with Gasteiger partial charge in [0.25, 0.3) is 5.91 Å². The lowest BCUT2D eigenvalue weighted by atomic mass is 10.3. The number of aromatic amines is 1. The van der Waals surface area contributed by atoms with Gasteiger partial charge in [0.1, 0.15) is 0 Å². The number of carbonyl (C=O) groups excluding carboxylic acids is 1. The van der Waals surface area contributed by atoms with Crippen molar-refractivity contribution >= 4 is 34.7 Å². The molecule has 2 N–H and O–H groups in total. The highest BCUT2D eigenvalue weighted by Crippen LogP contribution is 2.33. The van der Waals surface area contributed by atoms with Crippen LogP contribution in [0.3, 0.4) is 0 Å². The fourth-order valence-corrected chi connectivity index (χ4v) is 4.07. The molecule has 0 unspecified atom stereocenters.